The molecule has 1 fully saturated rings. The number of anilines is 1. The first-order valence-electron chi connectivity index (χ1n) is 8.10. The number of nitrogens with zero attached hydrogens (tertiary/aromatic N) is 1. The smallest absolute Gasteiger partial charge is 0.291 e. The van der Waals surface area contributed by atoms with Crippen LogP contribution < -0.4 is 5.32 Å². The Balaban J connectivity index is 1.69. The highest BCUT2D eigenvalue weighted by atomic mass is 16.5. The summed E-state index contributed by atoms with van der Waals surface area (Å²) < 4.78 is 10.3. The van der Waals surface area contributed by atoms with Crippen molar-refractivity contribution in [2.75, 3.05) is 25.1 Å². The monoisotopic (exact) mass is 344 g/mol. The lowest BCUT2D eigenvalue weighted by Crippen LogP contribution is -2.51. The second-order valence-electron chi connectivity index (χ2n) is 5.76. The van der Waals surface area contributed by atoms with E-state index in [1.165, 1.54) is 6.26 Å². The van der Waals surface area contributed by atoms with Crippen LogP contribution in [0.15, 0.2) is 47.1 Å². The van der Waals surface area contributed by atoms with E-state index in [1.807, 2.05) is 6.92 Å². The zero-order chi connectivity index (χ0) is 17.8. The zero-order valence-electron chi connectivity index (χ0n) is 13.8. The topological polar surface area (TPSA) is 92.0 Å². The number of nitrogens with one attached hydrogen (secondary N) is 1. The number of ether oxygens (including phenoxy) is 1. The van der Waals surface area contributed by atoms with Crippen LogP contribution in [0.2, 0.25) is 0 Å². The first-order chi connectivity index (χ1) is 12.1. The number of carbonyl (C=O) groups is 2. The van der Waals surface area contributed by atoms with Crippen LogP contribution in [-0.2, 0) is 9.53 Å². The molecule has 1 aromatic heterocycles. The molecule has 132 valence electrons. The molecule has 1 saturated heterocycles. The number of furan rings is 1. The Kier molecular flexibility index (Phi) is 5.16. The van der Waals surface area contributed by atoms with E-state index < -0.39 is 12.1 Å². The number of aliphatic hydroxyl groups is 1. The van der Waals surface area contributed by atoms with Gasteiger partial charge in [-0.15, -0.1) is 0 Å². The molecule has 0 aliphatic carbocycles. The molecule has 1 aromatic carbocycles. The van der Waals surface area contributed by atoms with E-state index in [0.717, 1.165) is 0 Å². The predicted molar refractivity (Wildman–Crippen MR) is 90.1 cm³/mol. The Morgan fingerprint density at radius 3 is 2.76 bits per heavy atom. The van der Waals surface area contributed by atoms with Gasteiger partial charge in [0, 0.05) is 12.2 Å². The van der Waals surface area contributed by atoms with Crippen LogP contribution in [-0.4, -0.2) is 47.6 Å². The van der Waals surface area contributed by atoms with Gasteiger partial charge in [-0.2, -0.15) is 0 Å². The fraction of sp³-hybridized carbons (Fsp3) is 0.333. The fourth-order valence-electron chi connectivity index (χ4n) is 2.88. The molecule has 0 saturated carbocycles. The molecule has 2 aromatic rings. The fourth-order valence-corrected chi connectivity index (χ4v) is 2.88. The van der Waals surface area contributed by atoms with E-state index >= 15 is 0 Å². The van der Waals surface area contributed by atoms with Crippen molar-refractivity contribution in [1.29, 1.82) is 0 Å². The van der Waals surface area contributed by atoms with Crippen molar-refractivity contribution in [1.82, 2.24) is 4.90 Å². The molecule has 7 nitrogen and oxygen atoms in total. The molecule has 2 atom stereocenters. The second-order valence-corrected chi connectivity index (χ2v) is 5.76. The van der Waals surface area contributed by atoms with Gasteiger partial charge in [0.05, 0.1) is 18.9 Å². The van der Waals surface area contributed by atoms with Crippen molar-refractivity contribution in [3.8, 4) is 0 Å². The molecule has 0 spiro atoms. The molecule has 0 unspecified atom stereocenters. The summed E-state index contributed by atoms with van der Waals surface area (Å²) in [7, 11) is 0. The third-order valence-corrected chi connectivity index (χ3v) is 4.20. The van der Waals surface area contributed by atoms with Gasteiger partial charge in [-0.05, 0) is 36.8 Å². The van der Waals surface area contributed by atoms with Crippen molar-refractivity contribution in [3.63, 3.8) is 0 Å². The average Bonchev–Trinajstić information content (AvgIpc) is 3.16. The highest BCUT2D eigenvalue weighted by molar-refractivity contribution is 6.02. The van der Waals surface area contributed by atoms with E-state index in [9.17, 15) is 14.7 Å². The zero-order valence-corrected chi connectivity index (χ0v) is 13.8. The van der Waals surface area contributed by atoms with Crippen LogP contribution in [0.4, 0.5) is 5.69 Å². The number of likely N-dealkylation sites (N-methyl/N-ethyl adjacent to an activating group) is 1. The first-order valence-corrected chi connectivity index (χ1v) is 8.10. The summed E-state index contributed by atoms with van der Waals surface area (Å²) in [6.45, 7) is 2.73. The van der Waals surface area contributed by atoms with E-state index in [0.29, 0.717) is 17.8 Å². The first kappa shape index (κ1) is 17.2. The normalized spacial score (nSPS) is 18.9. The average molecular weight is 344 g/mol. The number of hydrogen-bond donors (Lipinski definition) is 2. The molecule has 2 amide bonds. The third kappa shape index (κ3) is 3.72. The molecular formula is C18H20N2O5. The molecule has 0 bridgehead atoms. The molecule has 7 heteroatoms. The van der Waals surface area contributed by atoms with Crippen molar-refractivity contribution < 1.29 is 23.8 Å². The Hall–Kier alpha value is -2.64. The lowest BCUT2D eigenvalue weighted by Gasteiger charge is -2.37. The quantitative estimate of drug-likeness (QED) is 0.863. The van der Waals surface area contributed by atoms with Gasteiger partial charge in [-0.3, -0.25) is 9.59 Å². The van der Waals surface area contributed by atoms with Gasteiger partial charge in [0.15, 0.2) is 5.76 Å². The lowest BCUT2D eigenvalue weighted by atomic mass is 10.00. The van der Waals surface area contributed by atoms with Crippen LogP contribution in [0, 0.1) is 0 Å². The van der Waals surface area contributed by atoms with Gasteiger partial charge in [0.2, 0.25) is 5.91 Å². The maximum absolute atomic E-state index is 11.9. The van der Waals surface area contributed by atoms with Crippen LogP contribution in [0.25, 0.3) is 0 Å². The minimum atomic E-state index is -0.862. The summed E-state index contributed by atoms with van der Waals surface area (Å²) in [6.07, 6.45) is 0.570. The van der Waals surface area contributed by atoms with E-state index in [4.69, 9.17) is 9.15 Å². The Morgan fingerprint density at radius 2 is 2.12 bits per heavy atom. The minimum absolute atomic E-state index is 0.0504. The summed E-state index contributed by atoms with van der Waals surface area (Å²) in [5, 5.41) is 13.3. The molecule has 2 N–H and O–H groups in total. The maximum atomic E-state index is 11.9. The predicted octanol–water partition coefficient (Wildman–Crippen LogP) is 1.81. The molecule has 3 rings (SSSR count). The number of hydrogen-bond acceptors (Lipinski definition) is 5. The Morgan fingerprint density at radius 1 is 1.36 bits per heavy atom. The molecule has 1 aliphatic heterocycles. The largest absolute Gasteiger partial charge is 0.459 e. The summed E-state index contributed by atoms with van der Waals surface area (Å²) in [5.74, 6) is -0.248. The van der Waals surface area contributed by atoms with E-state index in [2.05, 4.69) is 5.32 Å². The van der Waals surface area contributed by atoms with Gasteiger partial charge >= 0.3 is 0 Å². The van der Waals surface area contributed by atoms with Crippen LogP contribution in [0.3, 0.4) is 0 Å². The molecular weight excluding hydrogens is 324 g/mol. The number of aliphatic hydroxyl groups excluding tert-OH is 1. The van der Waals surface area contributed by atoms with Crippen molar-refractivity contribution in [2.45, 2.75) is 19.1 Å². The molecule has 2 heterocycles. The second kappa shape index (κ2) is 7.50. The number of amides is 2. The number of benzene rings is 1. The van der Waals surface area contributed by atoms with Gasteiger partial charge in [-0.25, -0.2) is 0 Å². The van der Waals surface area contributed by atoms with Gasteiger partial charge in [0.25, 0.3) is 5.91 Å². The standard InChI is InChI=1S/C18H20N2O5/c1-2-20-14(10-24-11-16(20)21)17(22)12-5-7-13(8-6-12)19-18(23)15-4-3-9-25-15/h3-9,14,17,22H,2,10-11H2,1H3,(H,19,23)/t14-,17-/m1/s1. The Bertz CT molecular complexity index is 726. The maximum Gasteiger partial charge on any atom is 0.291 e. The number of rotatable bonds is 5. The van der Waals surface area contributed by atoms with Gasteiger partial charge in [0.1, 0.15) is 12.7 Å². The van der Waals surface area contributed by atoms with E-state index in [1.54, 1.807) is 41.3 Å². The lowest BCUT2D eigenvalue weighted by molar-refractivity contribution is -0.153. The SMILES string of the molecule is CCN1C(=O)COC[C@@H]1[C@H](O)c1ccc(NC(=O)c2ccco2)cc1. The van der Waals surface area contributed by atoms with Gasteiger partial charge < -0.3 is 24.5 Å². The van der Waals surface area contributed by atoms with Crippen molar-refractivity contribution in [2.24, 2.45) is 0 Å². The van der Waals surface area contributed by atoms with Crippen LogP contribution >= 0.6 is 0 Å². The van der Waals surface area contributed by atoms with Crippen LogP contribution in [0.1, 0.15) is 29.1 Å². The van der Waals surface area contributed by atoms with Crippen molar-refractivity contribution in [3.05, 3.63) is 54.0 Å². The summed E-state index contributed by atoms with van der Waals surface area (Å²) in [6, 6.07) is 9.62. The minimum Gasteiger partial charge on any atom is -0.459 e. The molecule has 25 heavy (non-hydrogen) atoms. The summed E-state index contributed by atoms with van der Waals surface area (Å²) in [4.78, 5) is 25.5. The number of carbonyl (C=O) groups excluding carboxylic acids is 2. The third-order valence-electron chi connectivity index (χ3n) is 4.20. The highest BCUT2D eigenvalue weighted by Crippen LogP contribution is 2.25. The van der Waals surface area contributed by atoms with Gasteiger partial charge in [-0.1, -0.05) is 12.1 Å². The highest BCUT2D eigenvalue weighted by Gasteiger charge is 2.33. The van der Waals surface area contributed by atoms with Crippen molar-refractivity contribution >= 4 is 17.5 Å². The summed E-state index contributed by atoms with van der Waals surface area (Å²) in [5.41, 5.74) is 1.23. The molecule has 1 aliphatic rings. The van der Waals surface area contributed by atoms with E-state index in [-0.39, 0.29) is 30.8 Å². The summed E-state index contributed by atoms with van der Waals surface area (Å²) >= 11 is 0. The Labute approximate surface area is 145 Å². The number of morpholine rings is 1. The molecule has 0 radical (unpaired) electrons. The van der Waals surface area contributed by atoms with Crippen LogP contribution in [0.5, 0.6) is 0 Å².